The Morgan fingerprint density at radius 3 is 1.55 bits per heavy atom. The summed E-state index contributed by atoms with van der Waals surface area (Å²) in [6.45, 7) is 0. The maximum Gasteiger partial charge on any atom is 0.522 e. The van der Waals surface area contributed by atoms with E-state index in [1.54, 1.807) is 0 Å². The molecule has 0 unspecified atom stereocenters. The average Bonchev–Trinajstić information content (AvgIpc) is 1.60. The summed E-state index contributed by atoms with van der Waals surface area (Å²) < 4.78 is 57.5. The van der Waals surface area contributed by atoms with E-state index in [-0.39, 0.29) is 0 Å². The fourth-order valence-electron chi connectivity index (χ4n) is 0. The van der Waals surface area contributed by atoms with Crippen LogP contribution >= 0.6 is 0 Å². The first-order valence-electron chi connectivity index (χ1n) is 1.91. The smallest absolute Gasteiger partial charge is 0.390 e. The first kappa shape index (κ1) is 12.8. The Labute approximate surface area is 60.3 Å². The molecule has 68 valence electrons. The fourth-order valence-corrected chi connectivity index (χ4v) is 0. The lowest BCUT2D eigenvalue weighted by molar-refractivity contribution is -0.0510. The second-order valence-electron chi connectivity index (χ2n) is 1.09. The molecule has 0 radical (unpaired) electrons. The molecule has 0 bridgehead atoms. The number of halogens is 3. The van der Waals surface area contributed by atoms with Crippen molar-refractivity contribution in [2.24, 2.45) is 5.73 Å². The SMILES string of the molecule is N=CN.O=S(=O)(O)C(F)(F)F. The maximum atomic E-state index is 10.7. The van der Waals surface area contributed by atoms with Crippen LogP contribution in [-0.2, 0) is 10.1 Å². The highest BCUT2D eigenvalue weighted by atomic mass is 32.2. The zero-order valence-electron chi connectivity index (χ0n) is 4.96. The molecule has 0 aliphatic rings. The minimum atomic E-state index is -5.84. The van der Waals surface area contributed by atoms with E-state index in [1.807, 2.05) is 0 Å². The van der Waals surface area contributed by atoms with Crippen LogP contribution in [0.15, 0.2) is 0 Å². The molecule has 0 rings (SSSR count). The minimum Gasteiger partial charge on any atom is -0.390 e. The van der Waals surface area contributed by atoms with Crippen molar-refractivity contribution < 1.29 is 26.1 Å². The molecule has 9 heteroatoms. The van der Waals surface area contributed by atoms with Gasteiger partial charge in [0.05, 0.1) is 6.34 Å². The lowest BCUT2D eigenvalue weighted by Crippen LogP contribution is -2.21. The Morgan fingerprint density at radius 2 is 1.55 bits per heavy atom. The Kier molecular flexibility index (Phi) is 4.81. The average molecular weight is 194 g/mol. The van der Waals surface area contributed by atoms with Gasteiger partial charge in [-0.2, -0.15) is 21.6 Å². The standard InChI is InChI=1S/CHF3O3S.CH4N2/c2-1(3,4)8(5,6)7;2-1-3/h(H,5,6,7);1H,(H3,2,3). The van der Waals surface area contributed by atoms with Gasteiger partial charge in [-0.05, 0) is 0 Å². The lowest BCUT2D eigenvalue weighted by atomic mass is 11.4. The summed E-state index contributed by atoms with van der Waals surface area (Å²) in [7, 11) is -5.84. The van der Waals surface area contributed by atoms with E-state index in [9.17, 15) is 13.2 Å². The first-order chi connectivity index (χ1) is 4.66. The van der Waals surface area contributed by atoms with Gasteiger partial charge in [0.15, 0.2) is 0 Å². The Hall–Kier alpha value is -0.830. The third kappa shape index (κ3) is 7.06. The molecule has 0 aromatic heterocycles. The van der Waals surface area contributed by atoms with Crippen LogP contribution in [-0.4, -0.2) is 24.8 Å². The fraction of sp³-hybridized carbons (Fsp3) is 0.500. The molecule has 0 aromatic carbocycles. The van der Waals surface area contributed by atoms with Gasteiger partial charge in [0, 0.05) is 0 Å². The van der Waals surface area contributed by atoms with Crippen LogP contribution < -0.4 is 5.73 Å². The van der Waals surface area contributed by atoms with Gasteiger partial charge in [-0.3, -0.25) is 9.96 Å². The van der Waals surface area contributed by atoms with Gasteiger partial charge in [0.2, 0.25) is 0 Å². The zero-order valence-corrected chi connectivity index (χ0v) is 5.78. The van der Waals surface area contributed by atoms with Gasteiger partial charge in [-0.15, -0.1) is 0 Å². The highest BCUT2D eigenvalue weighted by molar-refractivity contribution is 7.86. The van der Waals surface area contributed by atoms with Gasteiger partial charge in [0.25, 0.3) is 0 Å². The van der Waals surface area contributed by atoms with Crippen molar-refractivity contribution in [3.63, 3.8) is 0 Å². The van der Waals surface area contributed by atoms with Crippen molar-refractivity contribution in [2.45, 2.75) is 5.51 Å². The van der Waals surface area contributed by atoms with Gasteiger partial charge < -0.3 is 5.73 Å². The van der Waals surface area contributed by atoms with Crippen LogP contribution in [0.25, 0.3) is 0 Å². The molecular formula is C2H5F3N2O3S. The zero-order chi connectivity index (χ0) is 9.71. The normalized spacial score (nSPS) is 11.3. The lowest BCUT2D eigenvalue weighted by Gasteiger charge is -1.97. The Balaban J connectivity index is 0. The van der Waals surface area contributed by atoms with Crippen LogP contribution in [0.2, 0.25) is 0 Å². The molecule has 0 spiro atoms. The molecule has 0 aromatic rings. The molecule has 0 saturated heterocycles. The summed E-state index contributed by atoms with van der Waals surface area (Å²) in [5.41, 5.74) is -1.15. The minimum absolute atomic E-state index is 0.750. The number of alkyl halides is 3. The number of hydrogen-bond donors (Lipinski definition) is 3. The van der Waals surface area contributed by atoms with Crippen molar-refractivity contribution in [3.05, 3.63) is 0 Å². The van der Waals surface area contributed by atoms with Gasteiger partial charge in [0.1, 0.15) is 0 Å². The maximum absolute atomic E-state index is 10.7. The summed E-state index contributed by atoms with van der Waals surface area (Å²) in [5, 5.41) is 5.86. The second-order valence-corrected chi connectivity index (χ2v) is 2.50. The van der Waals surface area contributed by atoms with Crippen molar-refractivity contribution in [2.75, 3.05) is 0 Å². The Bertz CT molecular complexity index is 207. The van der Waals surface area contributed by atoms with Crippen molar-refractivity contribution in [3.8, 4) is 0 Å². The largest absolute Gasteiger partial charge is 0.522 e. The molecule has 0 amide bonds. The van der Waals surface area contributed by atoms with Crippen LogP contribution in [0.4, 0.5) is 13.2 Å². The summed E-state index contributed by atoms with van der Waals surface area (Å²) in [6.07, 6.45) is 0.750. The van der Waals surface area contributed by atoms with Crippen molar-refractivity contribution in [1.29, 1.82) is 5.41 Å². The number of nitrogens with one attached hydrogen (secondary N) is 1. The van der Waals surface area contributed by atoms with Crippen LogP contribution in [0, 0.1) is 5.41 Å². The van der Waals surface area contributed by atoms with E-state index in [0.717, 1.165) is 6.34 Å². The summed E-state index contributed by atoms with van der Waals surface area (Å²) in [4.78, 5) is 0. The molecule has 0 fully saturated rings. The monoisotopic (exact) mass is 194 g/mol. The van der Waals surface area contributed by atoms with Gasteiger partial charge in [-0.25, -0.2) is 0 Å². The molecule has 0 aliphatic heterocycles. The summed E-state index contributed by atoms with van der Waals surface area (Å²) >= 11 is 0. The molecule has 0 heterocycles. The molecule has 4 N–H and O–H groups in total. The third-order valence-electron chi connectivity index (χ3n) is 0.292. The number of rotatable bonds is 0. The number of hydrogen-bond acceptors (Lipinski definition) is 3. The highest BCUT2D eigenvalue weighted by Gasteiger charge is 2.44. The third-order valence-corrected chi connectivity index (χ3v) is 0.877. The number of nitrogens with two attached hydrogens (primary N) is 1. The quantitative estimate of drug-likeness (QED) is 0.217. The predicted octanol–water partition coefficient (Wildman–Crippen LogP) is -0.0538. The van der Waals surface area contributed by atoms with E-state index in [1.165, 1.54) is 0 Å². The van der Waals surface area contributed by atoms with Crippen LogP contribution in [0.5, 0.6) is 0 Å². The summed E-state index contributed by atoms with van der Waals surface area (Å²) in [6, 6.07) is 0. The van der Waals surface area contributed by atoms with E-state index >= 15 is 0 Å². The molecule has 11 heavy (non-hydrogen) atoms. The topological polar surface area (TPSA) is 104 Å². The Morgan fingerprint density at radius 1 is 1.45 bits per heavy atom. The molecular weight excluding hydrogens is 189 g/mol. The van der Waals surface area contributed by atoms with Crippen LogP contribution in [0.3, 0.4) is 0 Å². The van der Waals surface area contributed by atoms with Gasteiger partial charge >= 0.3 is 15.6 Å². The van der Waals surface area contributed by atoms with E-state index in [4.69, 9.17) is 18.4 Å². The van der Waals surface area contributed by atoms with Crippen LogP contribution in [0.1, 0.15) is 0 Å². The van der Waals surface area contributed by atoms with Crippen molar-refractivity contribution >= 4 is 16.5 Å². The second kappa shape index (κ2) is 4.13. The molecule has 5 nitrogen and oxygen atoms in total. The molecule has 0 aliphatic carbocycles. The van der Waals surface area contributed by atoms with Gasteiger partial charge in [-0.1, -0.05) is 0 Å². The molecule has 0 atom stereocenters. The molecule has 0 saturated carbocycles. The van der Waals surface area contributed by atoms with E-state index < -0.39 is 15.6 Å². The first-order valence-corrected chi connectivity index (χ1v) is 3.35. The highest BCUT2D eigenvalue weighted by Crippen LogP contribution is 2.20. The predicted molar refractivity (Wildman–Crippen MR) is 30.6 cm³/mol. The van der Waals surface area contributed by atoms with E-state index in [2.05, 4.69) is 5.73 Å². The van der Waals surface area contributed by atoms with E-state index in [0.29, 0.717) is 0 Å². The van der Waals surface area contributed by atoms with Crippen molar-refractivity contribution in [1.82, 2.24) is 0 Å². The summed E-state index contributed by atoms with van der Waals surface area (Å²) in [5.74, 6) is 0.